The number of amides is 1. The van der Waals surface area contributed by atoms with E-state index in [4.69, 9.17) is 9.72 Å². The molecule has 2 atom stereocenters. The summed E-state index contributed by atoms with van der Waals surface area (Å²) in [5, 5.41) is 8.86. The highest BCUT2D eigenvalue weighted by Gasteiger charge is 2.59. The molecule has 184 valence electrons. The fourth-order valence-electron chi connectivity index (χ4n) is 5.52. The van der Waals surface area contributed by atoms with E-state index in [0.29, 0.717) is 6.54 Å². The van der Waals surface area contributed by atoms with Crippen molar-refractivity contribution in [2.45, 2.75) is 44.4 Å². The minimum atomic E-state index is -0.540. The van der Waals surface area contributed by atoms with Gasteiger partial charge in [0.15, 0.2) is 0 Å². The molecule has 3 aliphatic heterocycles. The zero-order valence-electron chi connectivity index (χ0n) is 21.0. The molecule has 7 rings (SSSR count). The van der Waals surface area contributed by atoms with Crippen LogP contribution in [-0.4, -0.2) is 55.5 Å². The van der Waals surface area contributed by atoms with E-state index in [9.17, 15) is 4.79 Å². The average Bonchev–Trinajstić information content (AvgIpc) is 3.28. The summed E-state index contributed by atoms with van der Waals surface area (Å²) >= 11 is 0. The van der Waals surface area contributed by atoms with E-state index in [1.54, 1.807) is 4.68 Å². The number of hydrogen-bond acceptors (Lipinski definition) is 6. The van der Waals surface area contributed by atoms with Gasteiger partial charge in [-0.15, -0.1) is 0 Å². The summed E-state index contributed by atoms with van der Waals surface area (Å²) in [7, 11) is 1.91. The highest BCUT2D eigenvalue weighted by Crippen LogP contribution is 2.47. The third-order valence-electron chi connectivity index (χ3n) is 7.10. The summed E-state index contributed by atoms with van der Waals surface area (Å²) in [5.74, 6) is 0. The van der Waals surface area contributed by atoms with Crippen molar-refractivity contribution >= 4 is 17.0 Å². The Labute approximate surface area is 210 Å². The predicted octanol–water partition coefficient (Wildman–Crippen LogP) is 4.51. The number of piperidine rings is 1. The van der Waals surface area contributed by atoms with Gasteiger partial charge in [0.05, 0.1) is 23.4 Å². The molecule has 0 aliphatic carbocycles. The molecule has 0 spiro atoms. The number of benzene rings is 1. The monoisotopic (exact) mass is 482 g/mol. The number of fused-ring (bicyclic) bond motifs is 3. The second-order valence-electron chi connectivity index (χ2n) is 10.8. The van der Waals surface area contributed by atoms with Crippen LogP contribution in [0.5, 0.6) is 0 Å². The van der Waals surface area contributed by atoms with Crippen LogP contribution in [0.3, 0.4) is 0 Å². The van der Waals surface area contributed by atoms with Gasteiger partial charge in [-0.3, -0.25) is 19.5 Å². The molecule has 1 N–H and O–H groups in total. The molecular weight excluding hydrogens is 452 g/mol. The fraction of sp³-hybridized carbons (Fsp3) is 0.357. The van der Waals surface area contributed by atoms with E-state index in [1.165, 1.54) is 0 Å². The number of rotatable bonds is 3. The molecule has 0 saturated carbocycles. The van der Waals surface area contributed by atoms with Crippen molar-refractivity contribution in [2.24, 2.45) is 7.05 Å². The van der Waals surface area contributed by atoms with Gasteiger partial charge in [0.2, 0.25) is 0 Å². The Morgan fingerprint density at radius 2 is 1.97 bits per heavy atom. The minimum absolute atomic E-state index is 0.126. The Kier molecular flexibility index (Phi) is 5.12. The number of aryl methyl sites for hydroxylation is 1. The number of piperazine rings is 1. The number of hydrogen-bond donors (Lipinski definition) is 1. The Hall–Kier alpha value is -3.78. The van der Waals surface area contributed by atoms with E-state index in [-0.39, 0.29) is 12.1 Å². The Bertz CT molecular complexity index is 1450. The van der Waals surface area contributed by atoms with E-state index in [0.717, 1.165) is 51.8 Å². The summed E-state index contributed by atoms with van der Waals surface area (Å²) < 4.78 is 7.54. The molecule has 8 heteroatoms. The van der Waals surface area contributed by atoms with Gasteiger partial charge in [-0.25, -0.2) is 4.79 Å². The lowest BCUT2D eigenvalue weighted by molar-refractivity contribution is -0.105. The maximum Gasteiger partial charge on any atom is 0.411 e. The summed E-state index contributed by atoms with van der Waals surface area (Å²) in [6, 6.07) is 12.6. The normalized spacial score (nSPS) is 21.3. The lowest BCUT2D eigenvalue weighted by Crippen LogP contribution is -2.76. The average molecular weight is 483 g/mol. The smallest absolute Gasteiger partial charge is 0.411 e. The molecule has 0 radical (unpaired) electrons. The highest BCUT2D eigenvalue weighted by atomic mass is 16.6. The zero-order chi connectivity index (χ0) is 25.1. The molecule has 2 unspecified atom stereocenters. The molecule has 2 bridgehead atoms. The Morgan fingerprint density at radius 1 is 1.11 bits per heavy atom. The number of pyridine rings is 2. The van der Waals surface area contributed by atoms with Crippen molar-refractivity contribution in [2.75, 3.05) is 13.1 Å². The maximum absolute atomic E-state index is 13.1. The number of ether oxygens (including phenoxy) is 1. The van der Waals surface area contributed by atoms with Crippen LogP contribution in [0, 0.1) is 0 Å². The molecule has 36 heavy (non-hydrogen) atoms. The van der Waals surface area contributed by atoms with Crippen LogP contribution in [0.15, 0.2) is 61.2 Å². The first-order chi connectivity index (χ1) is 17.2. The number of aromatic nitrogens is 4. The van der Waals surface area contributed by atoms with Crippen molar-refractivity contribution in [3.05, 3.63) is 66.9 Å². The quantitative estimate of drug-likeness (QED) is 0.463. The maximum atomic E-state index is 13.1. The second kappa shape index (κ2) is 8.13. The van der Waals surface area contributed by atoms with Crippen LogP contribution >= 0.6 is 0 Å². The van der Waals surface area contributed by atoms with E-state index in [2.05, 4.69) is 45.7 Å². The van der Waals surface area contributed by atoms with Crippen molar-refractivity contribution in [3.63, 3.8) is 0 Å². The molecular formula is C28H30N6O2. The fourth-order valence-corrected chi connectivity index (χ4v) is 5.52. The lowest BCUT2D eigenvalue weighted by atomic mass is 9.72. The Balaban J connectivity index is 1.38. The molecule has 3 aliphatic rings. The van der Waals surface area contributed by atoms with E-state index < -0.39 is 11.1 Å². The number of nitrogens with one attached hydrogen (secondary N) is 1. The highest BCUT2D eigenvalue weighted by molar-refractivity contribution is 5.97. The van der Waals surface area contributed by atoms with Gasteiger partial charge in [0.25, 0.3) is 0 Å². The summed E-state index contributed by atoms with van der Waals surface area (Å²) in [6.45, 7) is 7.14. The largest absolute Gasteiger partial charge is 0.444 e. The molecule has 3 saturated heterocycles. The zero-order valence-corrected chi connectivity index (χ0v) is 21.0. The van der Waals surface area contributed by atoms with Crippen LogP contribution in [0.2, 0.25) is 0 Å². The summed E-state index contributed by atoms with van der Waals surface area (Å²) in [4.78, 5) is 24.5. The molecule has 6 heterocycles. The molecule has 4 aromatic rings. The van der Waals surface area contributed by atoms with Gasteiger partial charge in [0, 0.05) is 55.2 Å². The minimum Gasteiger partial charge on any atom is -0.444 e. The standard InChI is InChI=1S/C28H30N6O2/c1-27(2,3)36-26(35)34-21-12-28(34,17-29-15-21)25-8-7-18(13-31-25)23-10-19(20-14-32-33(4)16-20)11-24-22(23)6-5-9-30-24/h5-11,13-14,16,21,29H,12,15,17H2,1-4H3. The molecule has 1 aromatic carbocycles. The van der Waals surface area contributed by atoms with Gasteiger partial charge in [-0.1, -0.05) is 12.1 Å². The van der Waals surface area contributed by atoms with Crippen LogP contribution in [0.25, 0.3) is 33.2 Å². The molecule has 1 amide bonds. The number of nitrogens with zero attached hydrogens (tertiary/aromatic N) is 5. The third kappa shape index (κ3) is 3.73. The van der Waals surface area contributed by atoms with Gasteiger partial charge in [-0.2, -0.15) is 5.10 Å². The number of carbonyl (C=O) groups is 1. The van der Waals surface area contributed by atoms with Gasteiger partial charge in [0.1, 0.15) is 11.1 Å². The van der Waals surface area contributed by atoms with Gasteiger partial charge >= 0.3 is 6.09 Å². The van der Waals surface area contributed by atoms with Crippen molar-refractivity contribution < 1.29 is 9.53 Å². The summed E-state index contributed by atoms with van der Waals surface area (Å²) in [5.41, 5.74) is 4.94. The molecule has 3 fully saturated rings. The Morgan fingerprint density at radius 3 is 2.67 bits per heavy atom. The van der Waals surface area contributed by atoms with Crippen LogP contribution in [0.4, 0.5) is 4.79 Å². The third-order valence-corrected chi connectivity index (χ3v) is 7.10. The van der Waals surface area contributed by atoms with Crippen LogP contribution in [-0.2, 0) is 17.3 Å². The number of carbonyl (C=O) groups excluding carboxylic acids is 1. The molecule has 3 aromatic heterocycles. The first-order valence-electron chi connectivity index (χ1n) is 12.3. The van der Waals surface area contributed by atoms with Crippen molar-refractivity contribution in [3.8, 4) is 22.3 Å². The van der Waals surface area contributed by atoms with Crippen LogP contribution < -0.4 is 5.32 Å². The first kappa shape index (κ1) is 22.7. The molecule has 8 nitrogen and oxygen atoms in total. The SMILES string of the molecule is Cn1cc(-c2cc(-c3ccc(C45CNCC(C4)N5C(=O)OC(C)(C)C)nc3)c3cccnc3c2)cn1. The second-order valence-corrected chi connectivity index (χ2v) is 10.8. The predicted molar refractivity (Wildman–Crippen MR) is 138 cm³/mol. The van der Waals surface area contributed by atoms with Crippen molar-refractivity contribution in [1.82, 2.24) is 30.0 Å². The lowest BCUT2D eigenvalue weighted by Gasteiger charge is -2.61. The van der Waals surface area contributed by atoms with Crippen LogP contribution in [0.1, 0.15) is 32.9 Å². The topological polar surface area (TPSA) is 85.2 Å². The van der Waals surface area contributed by atoms with Gasteiger partial charge < -0.3 is 10.1 Å². The van der Waals surface area contributed by atoms with Crippen molar-refractivity contribution in [1.29, 1.82) is 0 Å². The first-order valence-corrected chi connectivity index (χ1v) is 12.3. The summed E-state index contributed by atoms with van der Waals surface area (Å²) in [6.07, 6.45) is 8.20. The van der Waals surface area contributed by atoms with E-state index in [1.807, 2.05) is 63.6 Å². The van der Waals surface area contributed by atoms with Gasteiger partial charge in [-0.05, 0) is 62.6 Å². The van der Waals surface area contributed by atoms with E-state index >= 15 is 0 Å².